The third-order valence-corrected chi connectivity index (χ3v) is 2.78. The maximum atomic E-state index is 3.46. The molecule has 1 heteroatoms. The van der Waals surface area contributed by atoms with Crippen molar-refractivity contribution in [2.24, 2.45) is 10.8 Å². The highest BCUT2D eigenvalue weighted by Gasteiger charge is 2.30. The van der Waals surface area contributed by atoms with Gasteiger partial charge >= 0.3 is 0 Å². The van der Waals surface area contributed by atoms with Crippen LogP contribution in [-0.2, 0) is 0 Å². The molecule has 1 nitrogen and oxygen atoms in total. The van der Waals surface area contributed by atoms with E-state index < -0.39 is 0 Å². The van der Waals surface area contributed by atoms with Crippen molar-refractivity contribution < 1.29 is 0 Å². The van der Waals surface area contributed by atoms with Gasteiger partial charge in [0.25, 0.3) is 0 Å². The molecule has 15 heavy (non-hydrogen) atoms. The zero-order chi connectivity index (χ0) is 12.3. The van der Waals surface area contributed by atoms with Gasteiger partial charge in [0.15, 0.2) is 0 Å². The summed E-state index contributed by atoms with van der Waals surface area (Å²) in [5.41, 5.74) is 3.87. The Morgan fingerprint density at radius 2 is 1.00 bits per heavy atom. The average Bonchev–Trinajstić information content (AvgIpc) is 2.53. The van der Waals surface area contributed by atoms with E-state index in [0.717, 1.165) is 13.1 Å². The maximum absolute atomic E-state index is 3.46. The Morgan fingerprint density at radius 3 is 1.20 bits per heavy atom. The van der Waals surface area contributed by atoms with Gasteiger partial charge < -0.3 is 5.32 Å². The highest BCUT2D eigenvalue weighted by atomic mass is 14.9. The van der Waals surface area contributed by atoms with Crippen LogP contribution in [0.3, 0.4) is 0 Å². The monoisotopic (exact) mass is 211 g/mol. The molecular formula is C14H29N. The molecule has 0 fully saturated rings. The van der Waals surface area contributed by atoms with Crippen molar-refractivity contribution in [3.05, 3.63) is 11.1 Å². The SMILES string of the molecule is CC.CC(C)(C)C1=C(C(C)(C)C)CNC1. The van der Waals surface area contributed by atoms with E-state index in [0.29, 0.717) is 10.8 Å². The zero-order valence-electron chi connectivity index (χ0n) is 11.9. The molecule has 0 unspecified atom stereocenters. The first-order valence-electron chi connectivity index (χ1n) is 6.16. The van der Waals surface area contributed by atoms with Crippen LogP contribution >= 0.6 is 0 Å². The van der Waals surface area contributed by atoms with Crippen molar-refractivity contribution in [2.45, 2.75) is 55.4 Å². The van der Waals surface area contributed by atoms with Gasteiger partial charge in [-0.3, -0.25) is 0 Å². The van der Waals surface area contributed by atoms with Crippen molar-refractivity contribution in [2.75, 3.05) is 13.1 Å². The second-order valence-electron chi connectivity index (χ2n) is 6.06. The first-order valence-corrected chi connectivity index (χ1v) is 6.16. The van der Waals surface area contributed by atoms with Gasteiger partial charge in [0, 0.05) is 13.1 Å². The Morgan fingerprint density at radius 1 is 0.733 bits per heavy atom. The lowest BCUT2D eigenvalue weighted by Crippen LogP contribution is -2.18. The molecule has 0 spiro atoms. The fourth-order valence-corrected chi connectivity index (χ4v) is 1.96. The van der Waals surface area contributed by atoms with E-state index in [-0.39, 0.29) is 0 Å². The number of rotatable bonds is 0. The van der Waals surface area contributed by atoms with E-state index in [9.17, 15) is 0 Å². The topological polar surface area (TPSA) is 12.0 Å². The highest BCUT2D eigenvalue weighted by Crippen LogP contribution is 2.37. The van der Waals surface area contributed by atoms with Gasteiger partial charge in [-0.25, -0.2) is 0 Å². The molecule has 1 rings (SSSR count). The molecular weight excluding hydrogens is 182 g/mol. The van der Waals surface area contributed by atoms with Crippen molar-refractivity contribution in [3.63, 3.8) is 0 Å². The molecule has 0 saturated heterocycles. The van der Waals surface area contributed by atoms with Gasteiger partial charge in [0.2, 0.25) is 0 Å². The molecule has 0 atom stereocenters. The molecule has 0 saturated carbocycles. The number of hydrogen-bond donors (Lipinski definition) is 1. The summed E-state index contributed by atoms with van der Waals surface area (Å²) in [4.78, 5) is 0. The molecule has 0 aromatic carbocycles. The Bertz CT molecular complexity index is 199. The molecule has 0 bridgehead atoms. The molecule has 90 valence electrons. The minimum Gasteiger partial charge on any atom is -0.309 e. The van der Waals surface area contributed by atoms with Crippen LogP contribution in [0.25, 0.3) is 0 Å². The Hall–Kier alpha value is -0.300. The molecule has 0 radical (unpaired) electrons. The van der Waals surface area contributed by atoms with Crippen molar-refractivity contribution >= 4 is 0 Å². The van der Waals surface area contributed by atoms with Crippen molar-refractivity contribution in [3.8, 4) is 0 Å². The van der Waals surface area contributed by atoms with Crippen molar-refractivity contribution in [1.82, 2.24) is 5.32 Å². The van der Waals surface area contributed by atoms with Gasteiger partial charge in [0.05, 0.1) is 0 Å². The standard InChI is InChI=1S/C12H23N.C2H6/c1-11(2,3)9-7-13-8-10(9)12(4,5)6;1-2/h13H,7-8H2,1-6H3;1-2H3. The van der Waals surface area contributed by atoms with E-state index in [4.69, 9.17) is 0 Å². The van der Waals surface area contributed by atoms with Crippen molar-refractivity contribution in [1.29, 1.82) is 0 Å². The summed E-state index contributed by atoms with van der Waals surface area (Å²) >= 11 is 0. The highest BCUT2D eigenvalue weighted by molar-refractivity contribution is 5.31. The maximum Gasteiger partial charge on any atom is 0.0176 e. The van der Waals surface area contributed by atoms with Crippen LogP contribution < -0.4 is 5.32 Å². The molecule has 0 amide bonds. The van der Waals surface area contributed by atoms with E-state index in [2.05, 4.69) is 46.9 Å². The predicted octanol–water partition coefficient (Wildman–Crippen LogP) is 4.00. The summed E-state index contributed by atoms with van der Waals surface area (Å²) in [6, 6.07) is 0. The summed E-state index contributed by atoms with van der Waals surface area (Å²) in [6.07, 6.45) is 0. The third-order valence-electron chi connectivity index (χ3n) is 2.78. The molecule has 1 N–H and O–H groups in total. The van der Waals surface area contributed by atoms with E-state index in [1.807, 2.05) is 13.8 Å². The lowest BCUT2D eigenvalue weighted by Gasteiger charge is -2.28. The predicted molar refractivity (Wildman–Crippen MR) is 70.2 cm³/mol. The summed E-state index contributed by atoms with van der Waals surface area (Å²) in [5.74, 6) is 0. The van der Waals surface area contributed by atoms with Crippen LogP contribution in [0.15, 0.2) is 11.1 Å². The van der Waals surface area contributed by atoms with E-state index in [1.54, 1.807) is 11.1 Å². The first kappa shape index (κ1) is 14.7. The molecule has 1 heterocycles. The van der Waals surface area contributed by atoms with Crippen LogP contribution in [-0.4, -0.2) is 13.1 Å². The summed E-state index contributed by atoms with van der Waals surface area (Å²) in [5, 5.41) is 3.46. The first-order chi connectivity index (χ1) is 6.73. The summed E-state index contributed by atoms with van der Waals surface area (Å²) in [7, 11) is 0. The fourth-order valence-electron chi connectivity index (χ4n) is 1.96. The van der Waals surface area contributed by atoms with Gasteiger partial charge in [-0.2, -0.15) is 0 Å². The number of hydrogen-bond acceptors (Lipinski definition) is 1. The number of nitrogens with one attached hydrogen (secondary N) is 1. The van der Waals surface area contributed by atoms with Crippen LogP contribution in [0.2, 0.25) is 0 Å². The van der Waals surface area contributed by atoms with Gasteiger partial charge in [-0.1, -0.05) is 66.5 Å². The Kier molecular flexibility index (Phi) is 5.05. The molecule has 1 aliphatic heterocycles. The second-order valence-corrected chi connectivity index (χ2v) is 6.06. The second kappa shape index (κ2) is 5.16. The normalized spacial score (nSPS) is 17.6. The third kappa shape index (κ3) is 3.98. The molecule has 1 aliphatic rings. The van der Waals surface area contributed by atoms with Crippen LogP contribution in [0, 0.1) is 10.8 Å². The Balaban J connectivity index is 0.000000921. The minimum absolute atomic E-state index is 0.326. The largest absolute Gasteiger partial charge is 0.309 e. The smallest absolute Gasteiger partial charge is 0.0176 e. The Labute approximate surface area is 96.3 Å². The van der Waals surface area contributed by atoms with Crippen LogP contribution in [0.5, 0.6) is 0 Å². The van der Waals surface area contributed by atoms with Gasteiger partial charge in [0.1, 0.15) is 0 Å². The van der Waals surface area contributed by atoms with Gasteiger partial charge in [-0.05, 0) is 10.8 Å². The molecule has 0 aromatic rings. The average molecular weight is 211 g/mol. The quantitative estimate of drug-likeness (QED) is 0.597. The molecule has 0 aliphatic carbocycles. The lowest BCUT2D eigenvalue weighted by atomic mass is 9.76. The summed E-state index contributed by atoms with van der Waals surface area (Å²) in [6.45, 7) is 20.0. The fraction of sp³-hybridized carbons (Fsp3) is 0.857. The van der Waals surface area contributed by atoms with Crippen LogP contribution in [0.1, 0.15) is 55.4 Å². The van der Waals surface area contributed by atoms with E-state index in [1.165, 1.54) is 0 Å². The minimum atomic E-state index is 0.326. The molecule has 0 aromatic heterocycles. The lowest BCUT2D eigenvalue weighted by molar-refractivity contribution is 0.452. The van der Waals surface area contributed by atoms with E-state index >= 15 is 0 Å². The summed E-state index contributed by atoms with van der Waals surface area (Å²) < 4.78 is 0. The van der Waals surface area contributed by atoms with Crippen LogP contribution in [0.4, 0.5) is 0 Å². The van der Waals surface area contributed by atoms with Gasteiger partial charge in [-0.15, -0.1) is 0 Å². The zero-order valence-corrected chi connectivity index (χ0v) is 11.9.